The molecule has 0 amide bonds. The Morgan fingerprint density at radius 1 is 1.04 bits per heavy atom. The first-order valence-electron chi connectivity index (χ1n) is 8.37. The highest BCUT2D eigenvalue weighted by Crippen LogP contribution is 2.32. The number of rotatable bonds is 5. The van der Waals surface area contributed by atoms with Gasteiger partial charge in [-0.05, 0) is 37.1 Å². The standard InChI is InChI=1S/C18H19N7/c1-3-14(11-19-6-1)13-25-10-2-4-16(25)15-5-7-22-18(23-15)24-17-12-20-8-9-21-17/h1,3,5-9,11-12,16H,2,4,10,13H2,(H,21,22,23,24)/t16-/m1/s1. The van der Waals surface area contributed by atoms with Crippen molar-refractivity contribution in [2.75, 3.05) is 11.9 Å². The fourth-order valence-electron chi connectivity index (χ4n) is 3.17. The summed E-state index contributed by atoms with van der Waals surface area (Å²) in [4.78, 5) is 23.9. The van der Waals surface area contributed by atoms with Crippen LogP contribution in [0.5, 0.6) is 0 Å². The molecule has 25 heavy (non-hydrogen) atoms. The van der Waals surface area contributed by atoms with Gasteiger partial charge in [-0.3, -0.25) is 14.9 Å². The number of pyridine rings is 1. The summed E-state index contributed by atoms with van der Waals surface area (Å²) in [6.45, 7) is 1.95. The predicted octanol–water partition coefficient (Wildman–Crippen LogP) is 2.74. The van der Waals surface area contributed by atoms with Crippen molar-refractivity contribution in [1.29, 1.82) is 0 Å². The molecule has 1 fully saturated rings. The van der Waals surface area contributed by atoms with Crippen molar-refractivity contribution in [2.24, 2.45) is 0 Å². The van der Waals surface area contributed by atoms with Crippen LogP contribution < -0.4 is 5.32 Å². The van der Waals surface area contributed by atoms with Gasteiger partial charge in [0.25, 0.3) is 0 Å². The van der Waals surface area contributed by atoms with Crippen molar-refractivity contribution in [2.45, 2.75) is 25.4 Å². The van der Waals surface area contributed by atoms with Crippen LogP contribution >= 0.6 is 0 Å². The van der Waals surface area contributed by atoms with E-state index in [-0.39, 0.29) is 0 Å². The maximum atomic E-state index is 4.69. The SMILES string of the molecule is c1cncc(CN2CCC[C@@H]2c2ccnc(Nc3cnccn3)n2)c1. The fourth-order valence-corrected chi connectivity index (χ4v) is 3.17. The third-order valence-electron chi connectivity index (χ3n) is 4.29. The number of aromatic nitrogens is 5. The lowest BCUT2D eigenvalue weighted by molar-refractivity contribution is 0.244. The van der Waals surface area contributed by atoms with E-state index in [9.17, 15) is 0 Å². The smallest absolute Gasteiger partial charge is 0.228 e. The van der Waals surface area contributed by atoms with Gasteiger partial charge < -0.3 is 5.32 Å². The number of nitrogens with zero attached hydrogens (tertiary/aromatic N) is 6. The Balaban J connectivity index is 1.51. The lowest BCUT2D eigenvalue weighted by Crippen LogP contribution is -2.23. The van der Waals surface area contributed by atoms with Crippen LogP contribution in [0.1, 0.15) is 30.1 Å². The Morgan fingerprint density at radius 3 is 2.84 bits per heavy atom. The van der Waals surface area contributed by atoms with Crippen LogP contribution in [0.4, 0.5) is 11.8 Å². The van der Waals surface area contributed by atoms with E-state index in [2.05, 4.69) is 36.2 Å². The Bertz CT molecular complexity index is 810. The Hall–Kier alpha value is -2.93. The zero-order valence-corrected chi connectivity index (χ0v) is 13.8. The molecule has 0 aliphatic carbocycles. The summed E-state index contributed by atoms with van der Waals surface area (Å²) in [5.41, 5.74) is 2.25. The van der Waals surface area contributed by atoms with Gasteiger partial charge in [0.05, 0.1) is 17.9 Å². The van der Waals surface area contributed by atoms with Crippen molar-refractivity contribution in [3.63, 3.8) is 0 Å². The molecule has 7 nitrogen and oxygen atoms in total. The van der Waals surface area contributed by atoms with E-state index in [4.69, 9.17) is 4.98 Å². The zero-order valence-electron chi connectivity index (χ0n) is 13.8. The van der Waals surface area contributed by atoms with E-state index in [0.29, 0.717) is 17.8 Å². The number of hydrogen-bond donors (Lipinski definition) is 1. The second-order valence-electron chi connectivity index (χ2n) is 6.01. The summed E-state index contributed by atoms with van der Waals surface area (Å²) < 4.78 is 0. The number of hydrogen-bond acceptors (Lipinski definition) is 7. The lowest BCUT2D eigenvalue weighted by atomic mass is 10.1. The van der Waals surface area contributed by atoms with E-state index < -0.39 is 0 Å². The second-order valence-corrected chi connectivity index (χ2v) is 6.01. The van der Waals surface area contributed by atoms with Crippen LogP contribution in [-0.4, -0.2) is 36.4 Å². The first-order valence-corrected chi connectivity index (χ1v) is 8.37. The normalized spacial score (nSPS) is 17.5. The minimum Gasteiger partial charge on any atom is -0.307 e. The third kappa shape index (κ3) is 3.77. The number of anilines is 2. The monoisotopic (exact) mass is 333 g/mol. The van der Waals surface area contributed by atoms with E-state index in [1.54, 1.807) is 31.0 Å². The molecule has 7 heteroatoms. The van der Waals surface area contributed by atoms with E-state index in [1.807, 2.05) is 18.3 Å². The van der Waals surface area contributed by atoms with Crippen LogP contribution in [0, 0.1) is 0 Å². The maximum Gasteiger partial charge on any atom is 0.228 e. The Kier molecular flexibility index (Phi) is 4.56. The number of likely N-dealkylation sites (tertiary alicyclic amines) is 1. The molecule has 4 heterocycles. The fraction of sp³-hybridized carbons (Fsp3) is 0.278. The summed E-state index contributed by atoms with van der Waals surface area (Å²) in [6, 6.07) is 6.39. The molecule has 0 spiro atoms. The summed E-state index contributed by atoms with van der Waals surface area (Å²) >= 11 is 0. The largest absolute Gasteiger partial charge is 0.307 e. The van der Waals surface area contributed by atoms with Gasteiger partial charge in [-0.25, -0.2) is 15.0 Å². The first kappa shape index (κ1) is 15.6. The molecule has 1 N–H and O–H groups in total. The highest BCUT2D eigenvalue weighted by atomic mass is 15.2. The van der Waals surface area contributed by atoms with Crippen molar-refractivity contribution in [1.82, 2.24) is 29.8 Å². The molecule has 1 saturated heterocycles. The van der Waals surface area contributed by atoms with Crippen molar-refractivity contribution in [3.8, 4) is 0 Å². The Morgan fingerprint density at radius 2 is 2.00 bits per heavy atom. The summed E-state index contributed by atoms with van der Waals surface area (Å²) in [5.74, 6) is 1.18. The molecule has 0 radical (unpaired) electrons. The van der Waals surface area contributed by atoms with E-state index >= 15 is 0 Å². The van der Waals surface area contributed by atoms with Gasteiger partial charge in [-0.15, -0.1) is 0 Å². The zero-order chi connectivity index (χ0) is 16.9. The predicted molar refractivity (Wildman–Crippen MR) is 94.0 cm³/mol. The van der Waals surface area contributed by atoms with Crippen LogP contribution in [0.2, 0.25) is 0 Å². The summed E-state index contributed by atoms with van der Waals surface area (Å²) in [6.07, 6.45) is 12.7. The molecule has 0 unspecified atom stereocenters. The quantitative estimate of drug-likeness (QED) is 0.769. The molecule has 1 atom stereocenters. The van der Waals surface area contributed by atoms with Gasteiger partial charge >= 0.3 is 0 Å². The molecule has 3 aromatic heterocycles. The van der Waals surface area contributed by atoms with Crippen molar-refractivity contribution < 1.29 is 0 Å². The molecule has 0 aromatic carbocycles. The summed E-state index contributed by atoms with van der Waals surface area (Å²) in [5, 5.41) is 3.11. The van der Waals surface area contributed by atoms with Crippen LogP contribution in [0.15, 0.2) is 55.4 Å². The highest BCUT2D eigenvalue weighted by Gasteiger charge is 2.27. The van der Waals surface area contributed by atoms with E-state index in [0.717, 1.165) is 25.2 Å². The Labute approximate surface area is 146 Å². The van der Waals surface area contributed by atoms with E-state index in [1.165, 1.54) is 12.0 Å². The van der Waals surface area contributed by atoms with Crippen molar-refractivity contribution >= 4 is 11.8 Å². The molecule has 126 valence electrons. The minimum absolute atomic E-state index is 0.297. The van der Waals surface area contributed by atoms with Crippen molar-refractivity contribution in [3.05, 3.63) is 66.6 Å². The van der Waals surface area contributed by atoms with Crippen LogP contribution in [-0.2, 0) is 6.54 Å². The summed E-state index contributed by atoms with van der Waals surface area (Å²) in [7, 11) is 0. The first-order chi connectivity index (χ1) is 12.4. The van der Waals surface area contributed by atoms with Gasteiger partial charge in [-0.1, -0.05) is 6.07 Å². The minimum atomic E-state index is 0.297. The molecule has 1 aliphatic rings. The molecular weight excluding hydrogens is 314 g/mol. The number of nitrogens with one attached hydrogen (secondary N) is 1. The average Bonchev–Trinajstić information content (AvgIpc) is 3.12. The highest BCUT2D eigenvalue weighted by molar-refractivity contribution is 5.45. The topological polar surface area (TPSA) is 79.7 Å². The van der Waals surface area contributed by atoms with Gasteiger partial charge in [0, 0.05) is 37.5 Å². The second kappa shape index (κ2) is 7.31. The van der Waals surface area contributed by atoms with Gasteiger partial charge in [0.2, 0.25) is 5.95 Å². The average molecular weight is 333 g/mol. The van der Waals surface area contributed by atoms with Gasteiger partial charge in [-0.2, -0.15) is 0 Å². The lowest BCUT2D eigenvalue weighted by Gasteiger charge is -2.24. The van der Waals surface area contributed by atoms with Gasteiger partial charge in [0.1, 0.15) is 0 Å². The molecule has 3 aromatic rings. The molecule has 1 aliphatic heterocycles. The molecule has 4 rings (SSSR count). The maximum absolute atomic E-state index is 4.69. The van der Waals surface area contributed by atoms with Crippen LogP contribution in [0.25, 0.3) is 0 Å². The van der Waals surface area contributed by atoms with Crippen LogP contribution in [0.3, 0.4) is 0 Å². The van der Waals surface area contributed by atoms with Gasteiger partial charge in [0.15, 0.2) is 5.82 Å². The third-order valence-corrected chi connectivity index (χ3v) is 4.29. The molecule has 0 saturated carbocycles. The molecule has 0 bridgehead atoms. The molecular formula is C18H19N7.